The van der Waals surface area contributed by atoms with E-state index in [0.29, 0.717) is 17.9 Å². The lowest BCUT2D eigenvalue weighted by Crippen LogP contribution is -2.54. The molecule has 8 nitrogen and oxygen atoms in total. The monoisotopic (exact) mass is 649 g/mol. The molecule has 0 aliphatic heterocycles. The van der Waals surface area contributed by atoms with Gasteiger partial charge in [-0.1, -0.05) is 50.5 Å². The van der Waals surface area contributed by atoms with E-state index in [-0.39, 0.29) is 30.5 Å². The molecule has 5 fully saturated rings. The molecule has 0 radical (unpaired) electrons. The number of carbonyl (C=O) groups excluding carboxylic acids is 2. The molecule has 250 valence electrons. The first-order valence-electron chi connectivity index (χ1n) is 17.4. The van der Waals surface area contributed by atoms with Crippen LogP contribution in [0.2, 0.25) is 0 Å². The molecule has 1 N–H and O–H groups in total. The minimum Gasteiger partial charge on any atom is -0.497 e. The van der Waals surface area contributed by atoms with Gasteiger partial charge in [0.2, 0.25) is 21.8 Å². The highest BCUT2D eigenvalue weighted by Crippen LogP contribution is 2.60. The molecule has 0 unspecified atom stereocenters. The Morgan fingerprint density at radius 2 is 1.50 bits per heavy atom. The highest BCUT2D eigenvalue weighted by Gasteiger charge is 2.51. The van der Waals surface area contributed by atoms with Crippen molar-refractivity contribution in [3.05, 3.63) is 59.7 Å². The standard InChI is InChI=1S/C37H51N3O5S/c1-4-34(36(42)38-31-8-6-5-7-9-31)39(24-26-10-16-33(45-2)17-11-26)35(41)25-40(46(3,43)44)32-14-12-30(13-15-32)37-21-27-18-28(22-37)20-29(19-27)23-37/h10-17,27-29,31,34H,4-9,18-25H2,1-3H3,(H,38,42)/t27?,28?,29?,34-,37?/m0/s1. The highest BCUT2D eigenvalue weighted by atomic mass is 32.2. The molecule has 1 atom stereocenters. The number of benzene rings is 2. The summed E-state index contributed by atoms with van der Waals surface area (Å²) in [5, 5.41) is 3.20. The molecule has 46 heavy (non-hydrogen) atoms. The Hall–Kier alpha value is -3.07. The third-order valence-corrected chi connectivity index (χ3v) is 12.5. The Bertz CT molecular complexity index is 1450. The van der Waals surface area contributed by atoms with E-state index in [1.54, 1.807) is 12.0 Å². The van der Waals surface area contributed by atoms with E-state index >= 15 is 0 Å². The van der Waals surface area contributed by atoms with E-state index in [9.17, 15) is 18.0 Å². The molecule has 0 heterocycles. The van der Waals surface area contributed by atoms with Gasteiger partial charge < -0.3 is 15.0 Å². The molecule has 2 aromatic carbocycles. The van der Waals surface area contributed by atoms with Gasteiger partial charge in [0.1, 0.15) is 18.3 Å². The zero-order valence-electron chi connectivity index (χ0n) is 27.7. The first kappa shape index (κ1) is 32.9. The molecule has 9 heteroatoms. The first-order chi connectivity index (χ1) is 22.1. The number of hydrogen-bond donors (Lipinski definition) is 1. The third kappa shape index (κ3) is 7.09. The number of hydrogen-bond acceptors (Lipinski definition) is 5. The summed E-state index contributed by atoms with van der Waals surface area (Å²) < 4.78 is 33.0. The van der Waals surface area contributed by atoms with Gasteiger partial charge in [-0.15, -0.1) is 0 Å². The van der Waals surface area contributed by atoms with Gasteiger partial charge in [0.15, 0.2) is 0 Å². The van der Waals surface area contributed by atoms with E-state index in [0.717, 1.165) is 55.3 Å². The Labute approximate surface area is 275 Å². The predicted molar refractivity (Wildman–Crippen MR) is 181 cm³/mol. The van der Waals surface area contributed by atoms with Gasteiger partial charge in [-0.25, -0.2) is 8.42 Å². The van der Waals surface area contributed by atoms with Crippen molar-refractivity contribution >= 4 is 27.5 Å². The predicted octanol–water partition coefficient (Wildman–Crippen LogP) is 6.19. The van der Waals surface area contributed by atoms with E-state index in [1.165, 1.54) is 54.8 Å². The van der Waals surface area contributed by atoms with Gasteiger partial charge in [-0.3, -0.25) is 13.9 Å². The molecule has 7 rings (SSSR count). The van der Waals surface area contributed by atoms with Crippen LogP contribution in [-0.4, -0.2) is 57.1 Å². The molecule has 2 aromatic rings. The molecule has 0 spiro atoms. The summed E-state index contributed by atoms with van der Waals surface area (Å²) in [7, 11) is -2.19. The summed E-state index contributed by atoms with van der Waals surface area (Å²) in [5.74, 6) is 2.56. The van der Waals surface area contributed by atoms with Crippen LogP contribution < -0.4 is 14.4 Å². The Morgan fingerprint density at radius 3 is 2.02 bits per heavy atom. The van der Waals surface area contributed by atoms with Crippen LogP contribution in [0.15, 0.2) is 48.5 Å². The van der Waals surface area contributed by atoms with Gasteiger partial charge in [0.25, 0.3) is 0 Å². The van der Waals surface area contributed by atoms with E-state index in [2.05, 4.69) is 17.4 Å². The van der Waals surface area contributed by atoms with E-state index < -0.39 is 22.0 Å². The maximum absolute atomic E-state index is 14.2. The SMILES string of the molecule is CC[C@@H](C(=O)NC1CCCCC1)N(Cc1ccc(OC)cc1)C(=O)CN(c1ccc(C23CC4CC(CC(C4)C2)C3)cc1)S(C)(=O)=O. The van der Waals surface area contributed by atoms with Crippen molar-refractivity contribution in [3.63, 3.8) is 0 Å². The van der Waals surface area contributed by atoms with Crippen molar-refractivity contribution in [3.8, 4) is 5.75 Å². The van der Waals surface area contributed by atoms with Crippen LogP contribution in [0.3, 0.4) is 0 Å². The largest absolute Gasteiger partial charge is 0.497 e. The lowest BCUT2D eigenvalue weighted by molar-refractivity contribution is -0.140. The van der Waals surface area contributed by atoms with Crippen LogP contribution in [-0.2, 0) is 31.6 Å². The number of ether oxygens (including phenoxy) is 1. The third-order valence-electron chi connectivity index (χ3n) is 11.3. The van der Waals surface area contributed by atoms with Gasteiger partial charge in [-0.2, -0.15) is 0 Å². The number of anilines is 1. The maximum Gasteiger partial charge on any atom is 0.244 e. The number of nitrogens with one attached hydrogen (secondary N) is 1. The molecule has 5 aliphatic rings. The first-order valence-corrected chi connectivity index (χ1v) is 19.2. The Balaban J connectivity index is 1.24. The molecular weight excluding hydrogens is 598 g/mol. The normalized spacial score (nSPS) is 26.4. The number of rotatable bonds is 12. The van der Waals surface area contributed by atoms with Crippen molar-refractivity contribution in [2.45, 2.75) is 108 Å². The number of amides is 2. The average Bonchev–Trinajstić information content (AvgIpc) is 3.03. The smallest absolute Gasteiger partial charge is 0.244 e. The Kier molecular flexibility index (Phi) is 9.70. The molecule has 2 amide bonds. The van der Waals surface area contributed by atoms with Gasteiger partial charge in [-0.05, 0) is 116 Å². The number of methoxy groups -OCH3 is 1. The van der Waals surface area contributed by atoms with Crippen molar-refractivity contribution in [2.75, 3.05) is 24.2 Å². The summed E-state index contributed by atoms with van der Waals surface area (Å²) in [6.07, 6.45) is 14.6. The van der Waals surface area contributed by atoms with Crippen molar-refractivity contribution in [2.24, 2.45) is 17.8 Å². The molecule has 5 saturated carbocycles. The molecule has 0 aromatic heterocycles. The summed E-state index contributed by atoms with van der Waals surface area (Å²) in [5.41, 5.74) is 2.83. The zero-order chi connectivity index (χ0) is 32.5. The molecule has 0 saturated heterocycles. The zero-order valence-corrected chi connectivity index (χ0v) is 28.6. The minimum atomic E-state index is -3.79. The minimum absolute atomic E-state index is 0.105. The second kappa shape index (κ2) is 13.6. The average molecular weight is 650 g/mol. The topological polar surface area (TPSA) is 96.0 Å². The fourth-order valence-corrected chi connectivity index (χ4v) is 10.3. The lowest BCUT2D eigenvalue weighted by Gasteiger charge is -2.57. The van der Waals surface area contributed by atoms with Crippen LogP contribution in [0.4, 0.5) is 5.69 Å². The van der Waals surface area contributed by atoms with Crippen LogP contribution in [0.25, 0.3) is 0 Å². The van der Waals surface area contributed by atoms with Crippen LogP contribution in [0, 0.1) is 17.8 Å². The van der Waals surface area contributed by atoms with Crippen LogP contribution in [0.5, 0.6) is 5.75 Å². The second-order valence-electron chi connectivity index (χ2n) is 14.7. The van der Waals surface area contributed by atoms with Crippen molar-refractivity contribution in [1.82, 2.24) is 10.2 Å². The van der Waals surface area contributed by atoms with Crippen LogP contribution >= 0.6 is 0 Å². The van der Waals surface area contributed by atoms with Crippen LogP contribution in [0.1, 0.15) is 95.1 Å². The van der Waals surface area contributed by atoms with Gasteiger partial charge >= 0.3 is 0 Å². The van der Waals surface area contributed by atoms with E-state index in [1.807, 2.05) is 43.3 Å². The Morgan fingerprint density at radius 1 is 0.913 bits per heavy atom. The molecular formula is C37H51N3O5S. The second-order valence-corrected chi connectivity index (χ2v) is 16.6. The quantitative estimate of drug-likeness (QED) is 0.296. The summed E-state index contributed by atoms with van der Waals surface area (Å²) in [4.78, 5) is 29.4. The van der Waals surface area contributed by atoms with Crippen molar-refractivity contribution < 1.29 is 22.7 Å². The summed E-state index contributed by atoms with van der Waals surface area (Å²) in [6, 6.07) is 14.8. The maximum atomic E-state index is 14.2. The molecule has 5 aliphatic carbocycles. The number of nitrogens with zero attached hydrogens (tertiary/aromatic N) is 2. The lowest BCUT2D eigenvalue weighted by atomic mass is 9.48. The fraction of sp³-hybridized carbons (Fsp3) is 0.622. The van der Waals surface area contributed by atoms with Gasteiger partial charge in [0, 0.05) is 12.6 Å². The highest BCUT2D eigenvalue weighted by molar-refractivity contribution is 7.92. The van der Waals surface area contributed by atoms with Gasteiger partial charge in [0.05, 0.1) is 19.1 Å². The summed E-state index contributed by atoms with van der Waals surface area (Å²) >= 11 is 0. The number of carbonyl (C=O) groups is 2. The summed E-state index contributed by atoms with van der Waals surface area (Å²) in [6.45, 7) is 1.71. The van der Waals surface area contributed by atoms with Crippen molar-refractivity contribution in [1.29, 1.82) is 0 Å². The van der Waals surface area contributed by atoms with E-state index in [4.69, 9.17) is 4.74 Å². The fourth-order valence-electron chi connectivity index (χ4n) is 9.45. The molecule has 4 bridgehead atoms. The number of sulfonamides is 1.